The van der Waals surface area contributed by atoms with E-state index < -0.39 is 36.4 Å². The summed E-state index contributed by atoms with van der Waals surface area (Å²) in [4.78, 5) is 40.3. The zero-order valence-electron chi connectivity index (χ0n) is 30.3. The predicted octanol–water partition coefficient (Wildman–Crippen LogP) is 5.25. The van der Waals surface area contributed by atoms with Crippen LogP contribution in [-0.4, -0.2) is 99.2 Å². The fourth-order valence-corrected chi connectivity index (χ4v) is 7.43. The minimum Gasteiger partial charge on any atom is -0.495 e. The minimum atomic E-state index is -4.89. The Kier molecular flexibility index (Phi) is 12.0. The number of hydrogen-bond acceptors (Lipinski definition) is 12. The van der Waals surface area contributed by atoms with E-state index in [2.05, 4.69) is 30.9 Å². The number of nitrogens with one attached hydrogen (secondary N) is 3. The van der Waals surface area contributed by atoms with Crippen LogP contribution in [-0.2, 0) is 28.0 Å². The number of carbonyl (C=O) groups excluding carboxylic acids is 2. The molecule has 2 amide bonds. The van der Waals surface area contributed by atoms with Crippen LogP contribution >= 0.6 is 7.37 Å². The van der Waals surface area contributed by atoms with Gasteiger partial charge in [-0.2, -0.15) is 18.2 Å². The number of halogens is 3. The number of benzene rings is 1. The Bertz CT molecular complexity index is 2070. The predicted molar refractivity (Wildman–Crippen MR) is 195 cm³/mol. The lowest BCUT2D eigenvalue weighted by atomic mass is 9.96. The topological polar surface area (TPSA) is 193 Å². The molecule has 4 heterocycles. The number of pyridine rings is 1. The number of anilines is 4. The standard InChI is InChI=1S/C35H42F3N8O7P/c1-6-53-54(5,51)18-21-8-9-25(28(14-21)52-4)43-33-40-16-23(35(36,37)38)30(44-33)42-26-11-10-24(41-29(26)31(48)39-3)22-15-27(45(17-22)12-7-13-47)32(49)46-19-34(2,50)20-46/h8-11,14-17,47,50H,6-7,12-13,18-20H2,1-5H3,(H,39,48)(H2,40,42,43,44)/t54-/m0/s1. The van der Waals surface area contributed by atoms with Crippen LogP contribution in [0.2, 0.25) is 0 Å². The zero-order chi connectivity index (χ0) is 39.4. The summed E-state index contributed by atoms with van der Waals surface area (Å²) < 4.78 is 67.9. The van der Waals surface area contributed by atoms with Crippen LogP contribution < -0.4 is 20.7 Å². The molecule has 290 valence electrons. The summed E-state index contributed by atoms with van der Waals surface area (Å²) in [5.41, 5.74) is -0.659. The van der Waals surface area contributed by atoms with Gasteiger partial charge in [-0.05, 0) is 56.2 Å². The van der Waals surface area contributed by atoms with Crippen molar-refractivity contribution >= 4 is 42.3 Å². The third-order valence-electron chi connectivity index (χ3n) is 8.39. The Morgan fingerprint density at radius 3 is 2.44 bits per heavy atom. The van der Waals surface area contributed by atoms with Crippen molar-refractivity contribution in [2.24, 2.45) is 0 Å². The van der Waals surface area contributed by atoms with Crippen LogP contribution in [0.3, 0.4) is 0 Å². The number of aromatic nitrogens is 4. The second-order valence-corrected chi connectivity index (χ2v) is 15.6. The molecule has 1 aromatic carbocycles. The number of methoxy groups -OCH3 is 1. The first-order valence-corrected chi connectivity index (χ1v) is 19.2. The Morgan fingerprint density at radius 1 is 1.09 bits per heavy atom. The van der Waals surface area contributed by atoms with Crippen LogP contribution in [0.4, 0.5) is 36.3 Å². The lowest BCUT2D eigenvalue weighted by Gasteiger charge is -2.44. The van der Waals surface area contributed by atoms with Gasteiger partial charge in [0.15, 0.2) is 5.69 Å². The molecule has 1 saturated heterocycles. The number of hydrogen-bond donors (Lipinski definition) is 5. The molecule has 0 bridgehead atoms. The number of carbonyl (C=O) groups is 2. The third-order valence-corrected chi connectivity index (χ3v) is 10.1. The number of β-amino-alcohol motifs (C(OH)–C–C–N with tert-alkyl or cyclic N) is 1. The van der Waals surface area contributed by atoms with Crippen LogP contribution in [0, 0.1) is 0 Å². The molecular weight excluding hydrogens is 732 g/mol. The van der Waals surface area contributed by atoms with Crippen molar-refractivity contribution in [3.8, 4) is 17.0 Å². The van der Waals surface area contributed by atoms with Crippen molar-refractivity contribution in [2.45, 2.75) is 44.8 Å². The van der Waals surface area contributed by atoms with Gasteiger partial charge in [0.05, 0.1) is 49.5 Å². The van der Waals surface area contributed by atoms with Gasteiger partial charge in [0, 0.05) is 51.0 Å². The molecule has 0 spiro atoms. The molecule has 1 aliphatic rings. The number of aliphatic hydroxyl groups excluding tert-OH is 1. The number of nitrogens with zero attached hydrogens (tertiary/aromatic N) is 5. The fraction of sp³-hybridized carbons (Fsp3) is 0.400. The highest BCUT2D eigenvalue weighted by Crippen LogP contribution is 2.47. The van der Waals surface area contributed by atoms with E-state index in [1.165, 1.54) is 37.9 Å². The SMILES string of the molecule is CCO[P@](C)(=O)Cc1ccc(Nc2ncc(C(F)(F)F)c(Nc3ccc(-c4cc(C(=O)N5CC(C)(O)C5)n(CCCO)c4)nc3C(=O)NC)n2)c(OC)c1. The second-order valence-electron chi connectivity index (χ2n) is 13.0. The number of amides is 2. The lowest BCUT2D eigenvalue weighted by molar-refractivity contribution is -0.137. The summed E-state index contributed by atoms with van der Waals surface area (Å²) in [6.07, 6.45) is -2.17. The highest BCUT2D eigenvalue weighted by molar-refractivity contribution is 7.57. The number of rotatable bonds is 15. The summed E-state index contributed by atoms with van der Waals surface area (Å²) in [5, 5.41) is 27.5. The van der Waals surface area contributed by atoms with E-state index >= 15 is 0 Å². The molecule has 54 heavy (non-hydrogen) atoms. The smallest absolute Gasteiger partial charge is 0.421 e. The van der Waals surface area contributed by atoms with E-state index in [1.54, 1.807) is 48.9 Å². The average molecular weight is 775 g/mol. The van der Waals surface area contributed by atoms with Gasteiger partial charge in [-0.15, -0.1) is 0 Å². The van der Waals surface area contributed by atoms with E-state index in [0.29, 0.717) is 36.0 Å². The van der Waals surface area contributed by atoms with Gasteiger partial charge in [-0.1, -0.05) is 6.07 Å². The second kappa shape index (κ2) is 16.1. The fourth-order valence-electron chi connectivity index (χ4n) is 5.93. The molecule has 3 aromatic heterocycles. The van der Waals surface area contributed by atoms with Crippen molar-refractivity contribution in [3.05, 3.63) is 71.3 Å². The van der Waals surface area contributed by atoms with Gasteiger partial charge in [0.2, 0.25) is 13.3 Å². The number of aliphatic hydroxyl groups is 2. The first-order chi connectivity index (χ1) is 25.5. The van der Waals surface area contributed by atoms with Gasteiger partial charge in [0.25, 0.3) is 11.8 Å². The summed E-state index contributed by atoms with van der Waals surface area (Å²) in [7, 11) is -0.180. The molecule has 4 aromatic rings. The summed E-state index contributed by atoms with van der Waals surface area (Å²) in [5.74, 6) is -1.68. The monoisotopic (exact) mass is 774 g/mol. The molecule has 0 saturated carbocycles. The molecule has 0 radical (unpaired) electrons. The van der Waals surface area contributed by atoms with Crippen molar-refractivity contribution in [2.75, 3.05) is 57.8 Å². The molecule has 15 nitrogen and oxygen atoms in total. The highest BCUT2D eigenvalue weighted by atomic mass is 31.2. The third kappa shape index (κ3) is 9.36. The summed E-state index contributed by atoms with van der Waals surface area (Å²) in [6.45, 7) is 5.62. The molecule has 0 unspecified atom stereocenters. The highest BCUT2D eigenvalue weighted by Gasteiger charge is 2.40. The van der Waals surface area contributed by atoms with Gasteiger partial charge >= 0.3 is 6.18 Å². The Labute approximate surface area is 309 Å². The number of alkyl halides is 3. The van der Waals surface area contributed by atoms with Crippen LogP contribution in [0.15, 0.2) is 48.8 Å². The Morgan fingerprint density at radius 2 is 1.81 bits per heavy atom. The molecule has 19 heteroatoms. The van der Waals surface area contributed by atoms with Crippen LogP contribution in [0.1, 0.15) is 52.4 Å². The maximum atomic E-state index is 14.2. The Balaban J connectivity index is 1.48. The molecule has 1 atom stereocenters. The van der Waals surface area contributed by atoms with E-state index in [4.69, 9.17) is 9.26 Å². The maximum absolute atomic E-state index is 14.2. The van der Waals surface area contributed by atoms with Crippen LogP contribution in [0.25, 0.3) is 11.3 Å². The molecule has 5 rings (SSSR count). The quantitative estimate of drug-likeness (QED) is 0.0988. The first kappa shape index (κ1) is 40.2. The molecule has 1 fully saturated rings. The largest absolute Gasteiger partial charge is 0.495 e. The number of aryl methyl sites for hydroxylation is 1. The van der Waals surface area contributed by atoms with E-state index in [9.17, 15) is 37.5 Å². The number of ether oxygens (including phenoxy) is 1. The number of likely N-dealkylation sites (tertiary alicyclic amines) is 1. The van der Waals surface area contributed by atoms with Gasteiger partial charge < -0.3 is 44.9 Å². The molecule has 5 N–H and O–H groups in total. The van der Waals surface area contributed by atoms with Crippen molar-refractivity contribution in [1.29, 1.82) is 0 Å². The van der Waals surface area contributed by atoms with Gasteiger partial charge in [-0.25, -0.2) is 9.97 Å². The van der Waals surface area contributed by atoms with Gasteiger partial charge in [0.1, 0.15) is 22.8 Å². The van der Waals surface area contributed by atoms with Crippen LogP contribution in [0.5, 0.6) is 5.75 Å². The maximum Gasteiger partial charge on any atom is 0.421 e. The minimum absolute atomic E-state index is 0.104. The normalized spacial score (nSPS) is 14.9. The summed E-state index contributed by atoms with van der Waals surface area (Å²) in [6, 6.07) is 9.30. The van der Waals surface area contributed by atoms with Crippen molar-refractivity contribution < 1.29 is 46.8 Å². The molecule has 0 aliphatic carbocycles. The zero-order valence-corrected chi connectivity index (χ0v) is 31.2. The van der Waals surface area contributed by atoms with Gasteiger partial charge in [-0.3, -0.25) is 14.2 Å². The lowest BCUT2D eigenvalue weighted by Crippen LogP contribution is -2.61. The summed E-state index contributed by atoms with van der Waals surface area (Å²) >= 11 is 0. The average Bonchev–Trinajstić information content (AvgIpc) is 3.53. The molecule has 1 aliphatic heterocycles. The van der Waals surface area contributed by atoms with E-state index in [0.717, 1.165) is 0 Å². The van der Waals surface area contributed by atoms with E-state index in [-0.39, 0.29) is 72.8 Å². The first-order valence-electron chi connectivity index (χ1n) is 16.9. The molecular formula is C35H42F3N8O7P. The van der Waals surface area contributed by atoms with Crippen molar-refractivity contribution in [3.63, 3.8) is 0 Å². The Hall–Kier alpha value is -5.03. The van der Waals surface area contributed by atoms with E-state index in [1.807, 2.05) is 0 Å². The van der Waals surface area contributed by atoms with Crippen molar-refractivity contribution in [1.82, 2.24) is 29.7 Å².